The number of anilines is 2. The first kappa shape index (κ1) is 21.7. The normalized spacial score (nSPS) is 15.0. The fourth-order valence-corrected chi connectivity index (χ4v) is 3.54. The van der Waals surface area contributed by atoms with Crippen molar-refractivity contribution in [3.63, 3.8) is 0 Å². The van der Waals surface area contributed by atoms with E-state index >= 15 is 0 Å². The lowest BCUT2D eigenvalue weighted by atomic mass is 10.1. The number of hydrogen-bond donors (Lipinski definition) is 1. The summed E-state index contributed by atoms with van der Waals surface area (Å²) in [6.45, 7) is 4.40. The van der Waals surface area contributed by atoms with E-state index in [-0.39, 0.29) is 11.8 Å². The van der Waals surface area contributed by atoms with Crippen LogP contribution in [0.3, 0.4) is 0 Å². The van der Waals surface area contributed by atoms with Crippen molar-refractivity contribution in [2.24, 2.45) is 0 Å². The Balaban J connectivity index is 1.50. The number of rotatable bonds is 6. The maximum absolute atomic E-state index is 12.8. The number of carbonyl (C=O) groups excluding carboxylic acids is 2. The fourth-order valence-electron chi connectivity index (χ4n) is 3.41. The maximum atomic E-state index is 12.8. The number of halogens is 1. The molecule has 3 aromatic carbocycles. The van der Waals surface area contributed by atoms with Gasteiger partial charge in [-0.15, -0.1) is 0 Å². The molecule has 4 rings (SSSR count). The summed E-state index contributed by atoms with van der Waals surface area (Å²) in [4.78, 5) is 27.0. The quantitative estimate of drug-likeness (QED) is 0.567. The van der Waals surface area contributed by atoms with Crippen molar-refractivity contribution < 1.29 is 19.1 Å². The van der Waals surface area contributed by atoms with E-state index in [0.717, 1.165) is 11.3 Å². The molecule has 7 heteroatoms. The standard InChI is InChI=1S/C25H23ClN2O4/c1-16-3-10-21(11-4-16)31-14-13-28-22-15-20(9-12-23(22)32-17(2)25(28)30)27-24(29)18-5-7-19(26)8-6-18/h3-12,15,17H,13-14H2,1-2H3,(H,27,29). The second-order valence-corrected chi connectivity index (χ2v) is 7.99. The molecule has 1 heterocycles. The van der Waals surface area contributed by atoms with Crippen molar-refractivity contribution in [1.82, 2.24) is 0 Å². The number of hydrogen-bond acceptors (Lipinski definition) is 4. The number of carbonyl (C=O) groups is 2. The number of ether oxygens (including phenoxy) is 2. The minimum atomic E-state index is -0.601. The molecule has 1 atom stereocenters. The third-order valence-corrected chi connectivity index (χ3v) is 5.39. The third-order valence-electron chi connectivity index (χ3n) is 5.14. The number of nitrogens with zero attached hydrogens (tertiary/aromatic N) is 1. The monoisotopic (exact) mass is 450 g/mol. The average Bonchev–Trinajstić information content (AvgIpc) is 2.78. The Labute approximate surface area is 191 Å². The van der Waals surface area contributed by atoms with E-state index in [0.29, 0.717) is 40.9 Å². The molecule has 0 fully saturated rings. The third kappa shape index (κ3) is 4.86. The Morgan fingerprint density at radius 1 is 1.09 bits per heavy atom. The highest BCUT2D eigenvalue weighted by atomic mass is 35.5. The zero-order chi connectivity index (χ0) is 22.7. The molecule has 3 aromatic rings. The van der Waals surface area contributed by atoms with E-state index in [9.17, 15) is 9.59 Å². The molecule has 0 saturated heterocycles. The van der Waals surface area contributed by atoms with Gasteiger partial charge in [0, 0.05) is 16.3 Å². The van der Waals surface area contributed by atoms with Crippen LogP contribution in [-0.2, 0) is 4.79 Å². The number of aryl methyl sites for hydroxylation is 1. The van der Waals surface area contributed by atoms with E-state index in [4.69, 9.17) is 21.1 Å². The van der Waals surface area contributed by atoms with Gasteiger partial charge >= 0.3 is 0 Å². The first-order valence-electron chi connectivity index (χ1n) is 10.3. The van der Waals surface area contributed by atoms with Gasteiger partial charge in [-0.3, -0.25) is 9.59 Å². The van der Waals surface area contributed by atoms with Gasteiger partial charge in [-0.1, -0.05) is 29.3 Å². The summed E-state index contributed by atoms with van der Waals surface area (Å²) in [7, 11) is 0. The van der Waals surface area contributed by atoms with Crippen LogP contribution in [0.2, 0.25) is 5.02 Å². The Hall–Kier alpha value is -3.51. The summed E-state index contributed by atoms with van der Waals surface area (Å²) in [5.41, 5.74) is 2.78. The lowest BCUT2D eigenvalue weighted by Gasteiger charge is -2.33. The van der Waals surface area contributed by atoms with E-state index in [2.05, 4.69) is 5.32 Å². The topological polar surface area (TPSA) is 67.9 Å². The van der Waals surface area contributed by atoms with Gasteiger partial charge in [0.05, 0.1) is 12.2 Å². The molecular weight excluding hydrogens is 428 g/mol. The smallest absolute Gasteiger partial charge is 0.267 e. The molecule has 1 aliphatic rings. The summed E-state index contributed by atoms with van der Waals surface area (Å²) >= 11 is 5.89. The van der Waals surface area contributed by atoms with E-state index in [1.54, 1.807) is 54.3 Å². The van der Waals surface area contributed by atoms with E-state index < -0.39 is 6.10 Å². The van der Waals surface area contributed by atoms with Gasteiger partial charge in [0.2, 0.25) is 0 Å². The van der Waals surface area contributed by atoms with E-state index in [1.165, 1.54) is 0 Å². The van der Waals surface area contributed by atoms with Crippen LogP contribution in [0.1, 0.15) is 22.8 Å². The Kier molecular flexibility index (Phi) is 6.32. The second-order valence-electron chi connectivity index (χ2n) is 7.55. The second kappa shape index (κ2) is 9.32. The summed E-state index contributed by atoms with van der Waals surface area (Å²) in [5, 5.41) is 3.41. The minimum absolute atomic E-state index is 0.161. The Morgan fingerprint density at radius 3 is 2.53 bits per heavy atom. The van der Waals surface area contributed by atoms with Crippen LogP contribution >= 0.6 is 11.6 Å². The predicted octanol–water partition coefficient (Wildman–Crippen LogP) is 5.09. The largest absolute Gasteiger partial charge is 0.492 e. The van der Waals surface area contributed by atoms with Crippen molar-refractivity contribution in [2.75, 3.05) is 23.4 Å². The summed E-state index contributed by atoms with van der Waals surface area (Å²) in [6.07, 6.45) is -0.601. The molecule has 1 aliphatic heterocycles. The van der Waals surface area contributed by atoms with Crippen molar-refractivity contribution in [3.05, 3.63) is 82.9 Å². The highest BCUT2D eigenvalue weighted by molar-refractivity contribution is 6.30. The first-order valence-corrected chi connectivity index (χ1v) is 10.7. The van der Waals surface area contributed by atoms with Crippen LogP contribution in [0.4, 0.5) is 11.4 Å². The minimum Gasteiger partial charge on any atom is -0.492 e. The van der Waals surface area contributed by atoms with Gasteiger partial charge in [-0.2, -0.15) is 0 Å². The molecule has 0 spiro atoms. The molecule has 164 valence electrons. The first-order chi connectivity index (χ1) is 15.4. The lowest BCUT2D eigenvalue weighted by Crippen LogP contribution is -2.46. The number of fused-ring (bicyclic) bond motifs is 1. The van der Waals surface area contributed by atoms with Gasteiger partial charge < -0.3 is 19.7 Å². The van der Waals surface area contributed by atoms with E-state index in [1.807, 2.05) is 31.2 Å². The van der Waals surface area contributed by atoms with Gasteiger partial charge in [0.15, 0.2) is 6.10 Å². The van der Waals surface area contributed by atoms with Crippen LogP contribution in [-0.4, -0.2) is 31.1 Å². The Bertz CT molecular complexity index is 1130. The van der Waals surface area contributed by atoms with Crippen molar-refractivity contribution in [1.29, 1.82) is 0 Å². The highest BCUT2D eigenvalue weighted by Crippen LogP contribution is 2.36. The summed E-state index contributed by atoms with van der Waals surface area (Å²) in [5.74, 6) is 0.893. The van der Waals surface area contributed by atoms with Crippen molar-refractivity contribution in [2.45, 2.75) is 20.0 Å². The van der Waals surface area contributed by atoms with Gasteiger partial charge in [0.25, 0.3) is 11.8 Å². The Morgan fingerprint density at radius 2 is 1.81 bits per heavy atom. The summed E-state index contributed by atoms with van der Waals surface area (Å²) in [6, 6.07) is 19.6. The van der Waals surface area contributed by atoms with Crippen LogP contribution < -0.4 is 19.7 Å². The highest BCUT2D eigenvalue weighted by Gasteiger charge is 2.31. The van der Waals surface area contributed by atoms with Crippen molar-refractivity contribution in [3.8, 4) is 11.5 Å². The zero-order valence-electron chi connectivity index (χ0n) is 17.8. The molecule has 32 heavy (non-hydrogen) atoms. The molecule has 6 nitrogen and oxygen atoms in total. The molecule has 0 aliphatic carbocycles. The molecule has 0 radical (unpaired) electrons. The maximum Gasteiger partial charge on any atom is 0.267 e. The van der Waals surface area contributed by atoms with Gasteiger partial charge in [-0.05, 0) is 68.4 Å². The molecule has 0 saturated carbocycles. The summed E-state index contributed by atoms with van der Waals surface area (Å²) < 4.78 is 11.6. The zero-order valence-corrected chi connectivity index (χ0v) is 18.6. The van der Waals surface area contributed by atoms with Crippen molar-refractivity contribution >= 4 is 34.8 Å². The SMILES string of the molecule is Cc1ccc(OCCN2C(=O)C(C)Oc3ccc(NC(=O)c4ccc(Cl)cc4)cc32)cc1. The van der Waals surface area contributed by atoms with Gasteiger partial charge in [-0.25, -0.2) is 0 Å². The number of benzene rings is 3. The molecule has 2 amide bonds. The molecular formula is C25H23ClN2O4. The molecule has 0 aromatic heterocycles. The van der Waals surface area contributed by atoms with Gasteiger partial charge in [0.1, 0.15) is 18.1 Å². The number of amides is 2. The molecule has 1 N–H and O–H groups in total. The predicted molar refractivity (Wildman–Crippen MR) is 125 cm³/mol. The average molecular weight is 451 g/mol. The molecule has 1 unspecified atom stereocenters. The van der Waals surface area contributed by atoms with Crippen LogP contribution in [0.5, 0.6) is 11.5 Å². The number of nitrogens with one attached hydrogen (secondary N) is 1. The lowest BCUT2D eigenvalue weighted by molar-refractivity contribution is -0.125. The van der Waals surface area contributed by atoms with Crippen LogP contribution in [0.25, 0.3) is 0 Å². The molecule has 0 bridgehead atoms. The fraction of sp³-hybridized carbons (Fsp3) is 0.200. The van der Waals surface area contributed by atoms with Crippen LogP contribution in [0, 0.1) is 6.92 Å². The van der Waals surface area contributed by atoms with Crippen LogP contribution in [0.15, 0.2) is 66.7 Å².